The van der Waals surface area contributed by atoms with Crippen LogP contribution in [0.5, 0.6) is 0 Å². The molecule has 17 heavy (non-hydrogen) atoms. The zero-order valence-corrected chi connectivity index (χ0v) is 12.4. The summed E-state index contributed by atoms with van der Waals surface area (Å²) in [7, 11) is -0.454. The van der Waals surface area contributed by atoms with E-state index in [9.17, 15) is 0 Å². The molecule has 0 aromatic heterocycles. The van der Waals surface area contributed by atoms with Crippen LogP contribution in [0.25, 0.3) is 0 Å². The van der Waals surface area contributed by atoms with E-state index in [1.807, 2.05) is 0 Å². The van der Waals surface area contributed by atoms with E-state index >= 15 is 0 Å². The van der Waals surface area contributed by atoms with Gasteiger partial charge in [0.05, 0.1) is 0 Å². The summed E-state index contributed by atoms with van der Waals surface area (Å²) in [5, 5.41) is 0. The molecule has 0 bridgehead atoms. The summed E-state index contributed by atoms with van der Waals surface area (Å²) in [6.45, 7) is 8.61. The van der Waals surface area contributed by atoms with Crippen molar-refractivity contribution in [1.82, 2.24) is 0 Å². The van der Waals surface area contributed by atoms with E-state index in [0.29, 0.717) is 0 Å². The smallest absolute Gasteiger partial charge is 0.386 e. The van der Waals surface area contributed by atoms with Gasteiger partial charge in [-0.25, -0.2) is 0 Å². The van der Waals surface area contributed by atoms with Crippen molar-refractivity contribution in [3.8, 4) is 0 Å². The fourth-order valence-electron chi connectivity index (χ4n) is 1.12. The summed E-state index contributed by atoms with van der Waals surface area (Å²) in [5.74, 6) is 0. The largest absolute Gasteiger partial charge is 0.639 e. The number of unbranched alkanes of at least 4 members (excludes halogenated alkanes) is 3. The van der Waals surface area contributed by atoms with E-state index in [4.69, 9.17) is 14.0 Å². The molecule has 0 unspecified atom stereocenters. The monoisotopic (exact) mass is 293 g/mol. The molecule has 0 saturated carbocycles. The van der Waals surface area contributed by atoms with Crippen molar-refractivity contribution < 1.29 is 31.0 Å². The summed E-state index contributed by atoms with van der Waals surface area (Å²) in [5.41, 5.74) is 0. The molecule has 1 radical (unpaired) electrons. The maximum Gasteiger partial charge on any atom is 0.639 e. The van der Waals surface area contributed by atoms with E-state index in [1.54, 1.807) is 0 Å². The second kappa shape index (κ2) is 16.5. The minimum Gasteiger partial charge on any atom is -0.386 e. The van der Waals surface area contributed by atoms with Crippen molar-refractivity contribution in [2.24, 2.45) is 0 Å². The van der Waals surface area contributed by atoms with E-state index in [1.165, 1.54) is 0 Å². The molecule has 5 heteroatoms. The molecular formula is C12H27BCuO3. The Morgan fingerprint density at radius 3 is 1.18 bits per heavy atom. The molecule has 0 aliphatic heterocycles. The van der Waals surface area contributed by atoms with Gasteiger partial charge in [0.15, 0.2) is 0 Å². The molecule has 0 fully saturated rings. The normalized spacial score (nSPS) is 10.1. The zero-order chi connectivity index (χ0) is 12.1. The summed E-state index contributed by atoms with van der Waals surface area (Å²) in [6.07, 6.45) is 6.59. The standard InChI is InChI=1S/C12H27BO3.Cu/c1-4-7-10-14-13(15-11-8-5-2)16-12-9-6-3;/h4-12H2,1-3H3;. The zero-order valence-electron chi connectivity index (χ0n) is 11.5. The topological polar surface area (TPSA) is 27.7 Å². The first-order valence-electron chi connectivity index (χ1n) is 6.69. The van der Waals surface area contributed by atoms with Gasteiger partial charge >= 0.3 is 7.32 Å². The van der Waals surface area contributed by atoms with Gasteiger partial charge in [0, 0.05) is 36.9 Å². The second-order valence-corrected chi connectivity index (χ2v) is 3.96. The van der Waals surface area contributed by atoms with Crippen LogP contribution in [-0.4, -0.2) is 27.1 Å². The Bertz CT molecular complexity index is 115. The molecule has 3 nitrogen and oxygen atoms in total. The van der Waals surface area contributed by atoms with E-state index in [-0.39, 0.29) is 17.1 Å². The van der Waals surface area contributed by atoms with Crippen LogP contribution < -0.4 is 0 Å². The number of rotatable bonds is 12. The van der Waals surface area contributed by atoms with Crippen LogP contribution in [0, 0.1) is 0 Å². The Morgan fingerprint density at radius 2 is 0.941 bits per heavy atom. The molecule has 0 amide bonds. The Labute approximate surface area is 118 Å². The molecule has 107 valence electrons. The van der Waals surface area contributed by atoms with Crippen LogP contribution in [0.4, 0.5) is 0 Å². The van der Waals surface area contributed by atoms with Gasteiger partial charge in [-0.15, -0.1) is 0 Å². The van der Waals surface area contributed by atoms with Crippen molar-refractivity contribution in [3.63, 3.8) is 0 Å². The first kappa shape index (κ1) is 19.8. The van der Waals surface area contributed by atoms with Gasteiger partial charge in [-0.1, -0.05) is 40.0 Å². The predicted octanol–water partition coefficient (Wildman–Crippen LogP) is 3.42. The first-order valence-corrected chi connectivity index (χ1v) is 6.69. The van der Waals surface area contributed by atoms with Crippen molar-refractivity contribution in [2.75, 3.05) is 19.8 Å². The summed E-state index contributed by atoms with van der Waals surface area (Å²) < 4.78 is 16.6. The Hall–Kier alpha value is 0.464. The van der Waals surface area contributed by atoms with E-state index in [0.717, 1.165) is 58.3 Å². The van der Waals surface area contributed by atoms with Gasteiger partial charge < -0.3 is 14.0 Å². The molecule has 0 aromatic rings. The van der Waals surface area contributed by atoms with Gasteiger partial charge in [-0.2, -0.15) is 0 Å². The molecule has 0 spiro atoms. The minimum atomic E-state index is -0.454. The van der Waals surface area contributed by atoms with Crippen LogP contribution in [0.3, 0.4) is 0 Å². The van der Waals surface area contributed by atoms with E-state index in [2.05, 4.69) is 20.8 Å². The number of hydrogen-bond acceptors (Lipinski definition) is 3. The van der Waals surface area contributed by atoms with Gasteiger partial charge in [-0.3, -0.25) is 0 Å². The number of hydrogen-bond donors (Lipinski definition) is 0. The molecular weight excluding hydrogens is 266 g/mol. The molecule has 0 aromatic carbocycles. The molecule has 0 aliphatic carbocycles. The summed E-state index contributed by atoms with van der Waals surface area (Å²) in [4.78, 5) is 0. The third-order valence-electron chi connectivity index (χ3n) is 2.26. The molecule has 0 saturated heterocycles. The van der Waals surface area contributed by atoms with Crippen molar-refractivity contribution in [1.29, 1.82) is 0 Å². The van der Waals surface area contributed by atoms with Crippen LogP contribution >= 0.6 is 0 Å². The third-order valence-corrected chi connectivity index (χ3v) is 2.26. The van der Waals surface area contributed by atoms with E-state index < -0.39 is 7.32 Å². The second-order valence-electron chi connectivity index (χ2n) is 3.96. The molecule has 0 rings (SSSR count). The summed E-state index contributed by atoms with van der Waals surface area (Å²) in [6, 6.07) is 0. The third kappa shape index (κ3) is 14.4. The van der Waals surface area contributed by atoms with Crippen LogP contribution in [0.15, 0.2) is 0 Å². The minimum absolute atomic E-state index is 0. The van der Waals surface area contributed by atoms with Gasteiger partial charge in [-0.05, 0) is 19.3 Å². The summed E-state index contributed by atoms with van der Waals surface area (Å²) >= 11 is 0. The van der Waals surface area contributed by atoms with Crippen molar-refractivity contribution >= 4 is 7.32 Å². The molecule has 0 aliphatic rings. The quantitative estimate of drug-likeness (QED) is 0.408. The van der Waals surface area contributed by atoms with Crippen LogP contribution in [-0.2, 0) is 31.0 Å². The maximum atomic E-state index is 5.53. The average Bonchev–Trinajstić information content (AvgIpc) is 2.29. The SMILES string of the molecule is CCCCOB(OCCCC)OCCCC.[Cu]. The average molecular weight is 294 g/mol. The molecule has 0 atom stereocenters. The van der Waals surface area contributed by atoms with Gasteiger partial charge in [0.2, 0.25) is 0 Å². The molecule has 0 N–H and O–H groups in total. The van der Waals surface area contributed by atoms with Gasteiger partial charge in [0.1, 0.15) is 0 Å². The van der Waals surface area contributed by atoms with Crippen LogP contribution in [0.2, 0.25) is 0 Å². The predicted molar refractivity (Wildman–Crippen MR) is 68.3 cm³/mol. The van der Waals surface area contributed by atoms with Gasteiger partial charge in [0.25, 0.3) is 0 Å². The van der Waals surface area contributed by atoms with Crippen molar-refractivity contribution in [2.45, 2.75) is 59.3 Å². The van der Waals surface area contributed by atoms with Crippen LogP contribution in [0.1, 0.15) is 59.3 Å². The first-order chi connectivity index (χ1) is 7.85. The Kier molecular flexibility index (Phi) is 19.2. The molecule has 0 heterocycles. The Morgan fingerprint density at radius 1 is 0.647 bits per heavy atom. The van der Waals surface area contributed by atoms with Crippen molar-refractivity contribution in [3.05, 3.63) is 0 Å². The Balaban J connectivity index is 0. The fraction of sp³-hybridized carbons (Fsp3) is 1.00. The maximum absolute atomic E-state index is 5.53. The fourth-order valence-corrected chi connectivity index (χ4v) is 1.12.